The van der Waals surface area contributed by atoms with Crippen molar-refractivity contribution in [1.29, 1.82) is 0 Å². The zero-order chi connectivity index (χ0) is 21.2. The lowest BCUT2D eigenvalue weighted by molar-refractivity contribution is -0.0721. The number of ether oxygens (including phenoxy) is 2. The lowest BCUT2D eigenvalue weighted by Gasteiger charge is -2.35. The fourth-order valence-corrected chi connectivity index (χ4v) is 4.09. The van der Waals surface area contributed by atoms with Gasteiger partial charge in [-0.25, -0.2) is 4.39 Å². The van der Waals surface area contributed by atoms with Crippen LogP contribution in [0.1, 0.15) is 37.7 Å². The van der Waals surface area contributed by atoms with Gasteiger partial charge in [0.05, 0.1) is 18.8 Å². The number of benzene rings is 1. The number of hydrogen-bond donors (Lipinski definition) is 1. The predicted octanol–water partition coefficient (Wildman–Crippen LogP) is 3.50. The van der Waals surface area contributed by atoms with Gasteiger partial charge in [0.1, 0.15) is 5.82 Å². The molecule has 0 radical (unpaired) electrons. The third kappa shape index (κ3) is 9.19. The molecule has 1 N–H and O–H groups in total. The van der Waals surface area contributed by atoms with Crippen molar-refractivity contribution in [2.24, 2.45) is 4.99 Å². The van der Waals surface area contributed by atoms with Crippen molar-refractivity contribution in [1.82, 2.24) is 15.1 Å². The molecule has 0 aliphatic carbocycles. The maximum atomic E-state index is 13.0. The Balaban J connectivity index is 0.00000341. The number of nitrogens with zero attached hydrogens (tertiary/aromatic N) is 3. The first kappa shape index (κ1) is 26.3. The number of hydrogen-bond acceptors (Lipinski definition) is 4. The Morgan fingerprint density at radius 2 is 1.97 bits per heavy atom. The first-order chi connectivity index (χ1) is 14.6. The van der Waals surface area contributed by atoms with Crippen LogP contribution in [0.15, 0.2) is 29.3 Å². The zero-order valence-corrected chi connectivity index (χ0v) is 21.2. The van der Waals surface area contributed by atoms with Gasteiger partial charge in [0.2, 0.25) is 0 Å². The highest BCUT2D eigenvalue weighted by Crippen LogP contribution is 2.18. The third-order valence-electron chi connectivity index (χ3n) is 5.89. The van der Waals surface area contributed by atoms with Crippen LogP contribution in [0.25, 0.3) is 0 Å². The summed E-state index contributed by atoms with van der Waals surface area (Å²) in [5.74, 6) is 0.766. The van der Waals surface area contributed by atoms with Crippen LogP contribution in [0.4, 0.5) is 4.39 Å². The molecule has 31 heavy (non-hydrogen) atoms. The highest BCUT2D eigenvalue weighted by Gasteiger charge is 2.23. The number of piperidine rings is 1. The van der Waals surface area contributed by atoms with E-state index in [-0.39, 0.29) is 35.9 Å². The number of rotatable bonds is 8. The van der Waals surface area contributed by atoms with Crippen LogP contribution in [-0.2, 0) is 16.0 Å². The van der Waals surface area contributed by atoms with Gasteiger partial charge in [-0.3, -0.25) is 4.99 Å². The Bertz CT molecular complexity index is 647. The van der Waals surface area contributed by atoms with E-state index in [2.05, 4.69) is 27.2 Å². The van der Waals surface area contributed by atoms with Gasteiger partial charge >= 0.3 is 0 Å². The number of nitrogens with one attached hydrogen (secondary N) is 1. The first-order valence-corrected chi connectivity index (χ1v) is 11.3. The second-order valence-electron chi connectivity index (χ2n) is 8.35. The van der Waals surface area contributed by atoms with Crippen molar-refractivity contribution in [3.05, 3.63) is 35.6 Å². The molecule has 2 aliphatic rings. The van der Waals surface area contributed by atoms with E-state index in [4.69, 9.17) is 9.47 Å². The van der Waals surface area contributed by atoms with Crippen LogP contribution in [-0.4, -0.2) is 81.5 Å². The molecule has 1 unspecified atom stereocenters. The normalized spacial score (nSPS) is 20.6. The number of halogens is 2. The molecule has 3 rings (SSSR count). The molecular formula is C23H38FIN4O2. The van der Waals surface area contributed by atoms with E-state index in [0.29, 0.717) is 6.10 Å². The van der Waals surface area contributed by atoms with Crippen LogP contribution >= 0.6 is 24.0 Å². The van der Waals surface area contributed by atoms with E-state index in [0.717, 1.165) is 76.7 Å². The van der Waals surface area contributed by atoms with Crippen LogP contribution in [0.5, 0.6) is 0 Å². The molecule has 0 saturated carbocycles. The minimum Gasteiger partial charge on any atom is -0.376 e. The molecule has 2 saturated heterocycles. The molecule has 8 heteroatoms. The number of likely N-dealkylation sites (N-methyl/N-ethyl adjacent to an activating group) is 1. The molecule has 1 aromatic carbocycles. The van der Waals surface area contributed by atoms with E-state index >= 15 is 0 Å². The fourth-order valence-electron chi connectivity index (χ4n) is 4.09. The number of guanidine groups is 1. The highest BCUT2D eigenvalue weighted by atomic mass is 127. The fraction of sp³-hybridized carbons (Fsp3) is 0.696. The van der Waals surface area contributed by atoms with Crippen molar-refractivity contribution in [2.45, 2.75) is 50.9 Å². The summed E-state index contributed by atoms with van der Waals surface area (Å²) in [7, 11) is 3.92. The monoisotopic (exact) mass is 548 g/mol. The Kier molecular flexibility index (Phi) is 12.1. The van der Waals surface area contributed by atoms with Gasteiger partial charge < -0.3 is 24.6 Å². The maximum Gasteiger partial charge on any atom is 0.193 e. The molecule has 1 aromatic rings. The van der Waals surface area contributed by atoms with Crippen molar-refractivity contribution >= 4 is 29.9 Å². The largest absolute Gasteiger partial charge is 0.376 e. The molecule has 2 heterocycles. The van der Waals surface area contributed by atoms with E-state index in [1.807, 2.05) is 19.2 Å². The smallest absolute Gasteiger partial charge is 0.193 e. The molecule has 1 atom stereocenters. The molecular weight excluding hydrogens is 510 g/mol. The second kappa shape index (κ2) is 14.2. The summed E-state index contributed by atoms with van der Waals surface area (Å²) in [5.41, 5.74) is 1.11. The summed E-state index contributed by atoms with van der Waals surface area (Å²) in [4.78, 5) is 9.00. The van der Waals surface area contributed by atoms with Crippen molar-refractivity contribution in [2.75, 3.05) is 53.5 Å². The number of aliphatic imine (C=N–C) groups is 1. The summed E-state index contributed by atoms with van der Waals surface area (Å²) in [6.45, 7) is 6.04. The van der Waals surface area contributed by atoms with Crippen molar-refractivity contribution in [3.8, 4) is 0 Å². The van der Waals surface area contributed by atoms with E-state index < -0.39 is 0 Å². The Morgan fingerprint density at radius 3 is 2.61 bits per heavy atom. The zero-order valence-electron chi connectivity index (χ0n) is 18.9. The highest BCUT2D eigenvalue weighted by molar-refractivity contribution is 14.0. The van der Waals surface area contributed by atoms with Gasteiger partial charge in [-0.05, 0) is 56.8 Å². The van der Waals surface area contributed by atoms with E-state index in [9.17, 15) is 4.39 Å². The minimum atomic E-state index is -0.191. The summed E-state index contributed by atoms with van der Waals surface area (Å²) in [6.07, 6.45) is 6.24. The summed E-state index contributed by atoms with van der Waals surface area (Å²) in [6, 6.07) is 6.70. The summed E-state index contributed by atoms with van der Waals surface area (Å²) < 4.78 is 24.9. The van der Waals surface area contributed by atoms with Crippen LogP contribution in [0, 0.1) is 5.82 Å². The Morgan fingerprint density at radius 1 is 1.23 bits per heavy atom. The average molecular weight is 548 g/mol. The van der Waals surface area contributed by atoms with E-state index in [1.165, 1.54) is 25.0 Å². The minimum absolute atomic E-state index is 0. The lowest BCUT2D eigenvalue weighted by atomic mass is 10.1. The van der Waals surface area contributed by atoms with Gasteiger partial charge in [-0.15, -0.1) is 24.0 Å². The lowest BCUT2D eigenvalue weighted by Crippen LogP contribution is -2.48. The Hall–Kier alpha value is -0.970. The molecule has 0 bridgehead atoms. The van der Waals surface area contributed by atoms with Gasteiger partial charge in [0.15, 0.2) is 5.96 Å². The van der Waals surface area contributed by atoms with Crippen molar-refractivity contribution in [3.63, 3.8) is 0 Å². The standard InChI is InChI=1S/C23H37FN4O2.HI/c1-25-23(26-12-15-27(2)17-19-6-8-20(24)9-7-19)28-13-10-21(11-14-28)30-18-22-5-3-4-16-29-22;/h6-9,21-22H,3-5,10-18H2,1-2H3,(H,25,26);1H. The van der Waals surface area contributed by atoms with Crippen LogP contribution in [0.2, 0.25) is 0 Å². The third-order valence-corrected chi connectivity index (χ3v) is 5.89. The summed E-state index contributed by atoms with van der Waals surface area (Å²) in [5, 5.41) is 3.48. The molecule has 176 valence electrons. The first-order valence-electron chi connectivity index (χ1n) is 11.3. The van der Waals surface area contributed by atoms with Gasteiger partial charge in [-0.2, -0.15) is 0 Å². The SMILES string of the molecule is CN=C(NCCN(C)Cc1ccc(F)cc1)N1CCC(OCC2CCCCO2)CC1.I. The Labute approximate surface area is 203 Å². The van der Waals surface area contributed by atoms with E-state index in [1.54, 1.807) is 0 Å². The summed E-state index contributed by atoms with van der Waals surface area (Å²) >= 11 is 0. The average Bonchev–Trinajstić information content (AvgIpc) is 2.78. The topological polar surface area (TPSA) is 49.3 Å². The van der Waals surface area contributed by atoms with Crippen LogP contribution in [0.3, 0.4) is 0 Å². The molecule has 0 amide bonds. The van der Waals surface area contributed by atoms with Crippen molar-refractivity contribution < 1.29 is 13.9 Å². The van der Waals surface area contributed by atoms with Gasteiger partial charge in [0.25, 0.3) is 0 Å². The molecule has 6 nitrogen and oxygen atoms in total. The molecule has 0 aromatic heterocycles. The molecule has 2 aliphatic heterocycles. The maximum absolute atomic E-state index is 13.0. The quantitative estimate of drug-likeness (QED) is 0.306. The molecule has 2 fully saturated rings. The van der Waals surface area contributed by atoms with Gasteiger partial charge in [-0.1, -0.05) is 12.1 Å². The van der Waals surface area contributed by atoms with Gasteiger partial charge in [0, 0.05) is 46.4 Å². The number of likely N-dealkylation sites (tertiary alicyclic amines) is 1. The second-order valence-corrected chi connectivity index (χ2v) is 8.35. The molecule has 0 spiro atoms. The van der Waals surface area contributed by atoms with Crippen LogP contribution < -0.4 is 5.32 Å². The predicted molar refractivity (Wildman–Crippen MR) is 134 cm³/mol.